The second-order valence-electron chi connectivity index (χ2n) is 8.00. The van der Waals surface area contributed by atoms with E-state index in [0.29, 0.717) is 28.0 Å². The zero-order valence-electron chi connectivity index (χ0n) is 18.4. The van der Waals surface area contributed by atoms with Crippen molar-refractivity contribution in [2.45, 2.75) is 25.7 Å². The van der Waals surface area contributed by atoms with Crippen molar-refractivity contribution >= 4 is 20.8 Å². The maximum atomic E-state index is 12.5. The molecule has 0 spiro atoms. The summed E-state index contributed by atoms with van der Waals surface area (Å²) in [6.07, 6.45) is 0. The standard InChI is InChI=1S/C26H25NO4S/c1-15-9-12-23(32(27,29)30)20(13-15)21-14-16(2)26(31-4)17(3)24(21)25-19-8-6-5-7-18(19)10-11-22(25)28/h5-14,28H,1-4H3,(H2,27,29,30). The number of aromatic hydroxyl groups is 1. The number of ether oxygens (including phenoxy) is 1. The fourth-order valence-corrected chi connectivity index (χ4v) is 5.17. The number of aryl methyl sites for hydroxylation is 2. The number of benzene rings is 4. The van der Waals surface area contributed by atoms with Crippen LogP contribution in [-0.4, -0.2) is 20.6 Å². The molecule has 0 aliphatic rings. The summed E-state index contributed by atoms with van der Waals surface area (Å²) in [5.74, 6) is 0.782. The third-order valence-corrected chi connectivity index (χ3v) is 6.77. The lowest BCUT2D eigenvalue weighted by molar-refractivity contribution is 0.409. The lowest BCUT2D eigenvalue weighted by Gasteiger charge is -2.22. The van der Waals surface area contributed by atoms with Crippen molar-refractivity contribution < 1.29 is 18.3 Å². The Balaban J connectivity index is 2.24. The summed E-state index contributed by atoms with van der Waals surface area (Å²) < 4.78 is 30.6. The van der Waals surface area contributed by atoms with Gasteiger partial charge < -0.3 is 9.84 Å². The average molecular weight is 448 g/mol. The van der Waals surface area contributed by atoms with Crippen LogP contribution in [0, 0.1) is 20.8 Å². The highest BCUT2D eigenvalue weighted by molar-refractivity contribution is 7.89. The van der Waals surface area contributed by atoms with Gasteiger partial charge in [0, 0.05) is 16.7 Å². The first-order valence-electron chi connectivity index (χ1n) is 10.2. The van der Waals surface area contributed by atoms with Crippen LogP contribution < -0.4 is 9.88 Å². The Hall–Kier alpha value is -3.35. The Morgan fingerprint density at radius 3 is 2.28 bits per heavy atom. The van der Waals surface area contributed by atoms with Gasteiger partial charge in [-0.25, -0.2) is 13.6 Å². The highest BCUT2D eigenvalue weighted by Crippen LogP contribution is 2.47. The largest absolute Gasteiger partial charge is 0.507 e. The molecule has 3 N–H and O–H groups in total. The van der Waals surface area contributed by atoms with Crippen LogP contribution in [-0.2, 0) is 10.0 Å². The first-order chi connectivity index (χ1) is 15.1. The molecule has 0 aliphatic heterocycles. The molecule has 0 saturated heterocycles. The van der Waals surface area contributed by atoms with Crippen LogP contribution in [0.1, 0.15) is 16.7 Å². The number of nitrogens with two attached hydrogens (primary N) is 1. The van der Waals surface area contributed by atoms with Gasteiger partial charge in [-0.15, -0.1) is 0 Å². The van der Waals surface area contributed by atoms with Gasteiger partial charge in [-0.3, -0.25) is 0 Å². The summed E-state index contributed by atoms with van der Waals surface area (Å²) in [6, 6.07) is 18.2. The van der Waals surface area contributed by atoms with E-state index in [9.17, 15) is 13.5 Å². The smallest absolute Gasteiger partial charge is 0.238 e. The van der Waals surface area contributed by atoms with E-state index in [1.54, 1.807) is 19.2 Å². The molecule has 0 fully saturated rings. The maximum Gasteiger partial charge on any atom is 0.238 e. The van der Waals surface area contributed by atoms with Crippen molar-refractivity contribution in [3.8, 4) is 33.8 Å². The summed E-state index contributed by atoms with van der Waals surface area (Å²) in [6.45, 7) is 5.72. The van der Waals surface area contributed by atoms with Gasteiger partial charge in [0.1, 0.15) is 11.5 Å². The molecule has 4 aromatic rings. The van der Waals surface area contributed by atoms with E-state index in [2.05, 4.69) is 0 Å². The molecular weight excluding hydrogens is 422 g/mol. The fourth-order valence-electron chi connectivity index (χ4n) is 4.44. The molecule has 0 amide bonds. The van der Waals surface area contributed by atoms with E-state index in [4.69, 9.17) is 9.88 Å². The SMILES string of the molecule is COc1c(C)cc(-c2cc(C)ccc2S(N)(=O)=O)c(-c2c(O)ccc3ccccc23)c1C. The van der Waals surface area contributed by atoms with Crippen LogP contribution in [0.25, 0.3) is 33.0 Å². The van der Waals surface area contributed by atoms with Crippen molar-refractivity contribution in [1.82, 2.24) is 0 Å². The number of phenolic OH excluding ortho intramolecular Hbond substituents is 1. The van der Waals surface area contributed by atoms with Crippen LogP contribution in [0.4, 0.5) is 0 Å². The van der Waals surface area contributed by atoms with Crippen molar-refractivity contribution in [2.75, 3.05) is 7.11 Å². The van der Waals surface area contributed by atoms with E-state index in [1.165, 1.54) is 6.07 Å². The Labute approximate surface area is 188 Å². The summed E-state index contributed by atoms with van der Waals surface area (Å²) in [4.78, 5) is 0.0352. The summed E-state index contributed by atoms with van der Waals surface area (Å²) in [5.41, 5.74) is 5.03. The minimum absolute atomic E-state index is 0.0352. The predicted octanol–water partition coefficient (Wildman–Crippen LogP) is 5.46. The Bertz CT molecular complexity index is 1470. The Kier molecular flexibility index (Phi) is 5.44. The molecular formula is C26H25NO4S. The zero-order valence-corrected chi connectivity index (χ0v) is 19.2. The number of methoxy groups -OCH3 is 1. The van der Waals surface area contributed by atoms with Gasteiger partial charge in [0.25, 0.3) is 0 Å². The Morgan fingerprint density at radius 1 is 0.875 bits per heavy atom. The minimum Gasteiger partial charge on any atom is -0.507 e. The first-order valence-corrected chi connectivity index (χ1v) is 11.7. The molecule has 0 aromatic heterocycles. The predicted molar refractivity (Wildman–Crippen MR) is 129 cm³/mol. The van der Waals surface area contributed by atoms with Gasteiger partial charge in [-0.2, -0.15) is 0 Å². The van der Waals surface area contributed by atoms with E-state index in [1.807, 2.05) is 63.2 Å². The van der Waals surface area contributed by atoms with Gasteiger partial charge in [-0.1, -0.05) is 48.0 Å². The second-order valence-corrected chi connectivity index (χ2v) is 9.53. The normalized spacial score (nSPS) is 11.7. The van der Waals surface area contributed by atoms with Gasteiger partial charge in [0.2, 0.25) is 10.0 Å². The van der Waals surface area contributed by atoms with E-state index in [0.717, 1.165) is 27.5 Å². The van der Waals surface area contributed by atoms with Crippen LogP contribution in [0.5, 0.6) is 11.5 Å². The topological polar surface area (TPSA) is 89.6 Å². The van der Waals surface area contributed by atoms with Crippen LogP contribution in [0.2, 0.25) is 0 Å². The number of fused-ring (bicyclic) bond motifs is 1. The molecule has 0 aliphatic carbocycles. The molecule has 6 heteroatoms. The van der Waals surface area contributed by atoms with Crippen LogP contribution in [0.15, 0.2) is 65.6 Å². The monoisotopic (exact) mass is 447 g/mol. The molecule has 4 rings (SSSR count). The molecule has 4 aromatic carbocycles. The third-order valence-electron chi connectivity index (χ3n) is 5.80. The zero-order chi connectivity index (χ0) is 23.2. The van der Waals surface area contributed by atoms with Gasteiger partial charge >= 0.3 is 0 Å². The summed E-state index contributed by atoms with van der Waals surface area (Å²) in [5, 5.41) is 18.4. The van der Waals surface area contributed by atoms with Gasteiger partial charge in [-0.05, 0) is 66.4 Å². The van der Waals surface area contributed by atoms with E-state index >= 15 is 0 Å². The number of primary sulfonamides is 1. The number of sulfonamides is 1. The molecule has 0 saturated carbocycles. The number of hydrogen-bond acceptors (Lipinski definition) is 4. The fraction of sp³-hybridized carbons (Fsp3) is 0.154. The van der Waals surface area contributed by atoms with Crippen molar-refractivity contribution in [1.29, 1.82) is 0 Å². The molecule has 0 heterocycles. The molecule has 164 valence electrons. The molecule has 5 nitrogen and oxygen atoms in total. The highest BCUT2D eigenvalue weighted by Gasteiger charge is 2.24. The number of phenols is 1. The molecule has 0 radical (unpaired) electrons. The quantitative estimate of drug-likeness (QED) is 0.435. The molecule has 0 unspecified atom stereocenters. The van der Waals surface area contributed by atoms with Gasteiger partial charge in [0.05, 0.1) is 12.0 Å². The number of hydrogen-bond donors (Lipinski definition) is 2. The van der Waals surface area contributed by atoms with E-state index in [-0.39, 0.29) is 10.6 Å². The van der Waals surface area contributed by atoms with E-state index < -0.39 is 10.0 Å². The molecule has 0 atom stereocenters. The first kappa shape index (κ1) is 21.9. The number of rotatable bonds is 4. The van der Waals surface area contributed by atoms with Crippen molar-refractivity contribution in [2.24, 2.45) is 5.14 Å². The van der Waals surface area contributed by atoms with Gasteiger partial charge in [0.15, 0.2) is 0 Å². The minimum atomic E-state index is -3.99. The summed E-state index contributed by atoms with van der Waals surface area (Å²) >= 11 is 0. The Morgan fingerprint density at radius 2 is 1.59 bits per heavy atom. The maximum absolute atomic E-state index is 12.5. The average Bonchev–Trinajstić information content (AvgIpc) is 2.73. The lowest BCUT2D eigenvalue weighted by Crippen LogP contribution is -2.14. The van der Waals surface area contributed by atoms with Crippen molar-refractivity contribution in [3.63, 3.8) is 0 Å². The molecule has 0 bridgehead atoms. The molecule has 32 heavy (non-hydrogen) atoms. The van der Waals surface area contributed by atoms with Crippen molar-refractivity contribution in [3.05, 3.63) is 77.4 Å². The van der Waals surface area contributed by atoms with Crippen LogP contribution in [0.3, 0.4) is 0 Å². The highest BCUT2D eigenvalue weighted by atomic mass is 32.2. The lowest BCUT2D eigenvalue weighted by atomic mass is 9.85. The van der Waals surface area contributed by atoms with Crippen LogP contribution >= 0.6 is 0 Å². The summed E-state index contributed by atoms with van der Waals surface area (Å²) in [7, 11) is -2.38. The second kappa shape index (κ2) is 7.97. The third kappa shape index (κ3) is 3.61.